The van der Waals surface area contributed by atoms with Gasteiger partial charge >= 0.3 is 0 Å². The molecule has 6 heteroatoms. The second-order valence-corrected chi connectivity index (χ2v) is 6.30. The van der Waals surface area contributed by atoms with E-state index in [1.165, 1.54) is 0 Å². The Morgan fingerprint density at radius 2 is 1.86 bits per heavy atom. The molecule has 1 amide bonds. The largest absolute Gasteiger partial charge is 0.480 e. The number of hydrogen-bond acceptors (Lipinski definition) is 2. The molecule has 2 aromatic rings. The van der Waals surface area contributed by atoms with Crippen molar-refractivity contribution in [3.8, 4) is 5.75 Å². The van der Waals surface area contributed by atoms with Crippen LogP contribution in [0.15, 0.2) is 36.4 Å². The summed E-state index contributed by atoms with van der Waals surface area (Å²) in [5.41, 5.74) is 1.75. The van der Waals surface area contributed by atoms with Gasteiger partial charge in [-0.1, -0.05) is 40.9 Å². The van der Waals surface area contributed by atoms with Crippen LogP contribution in [0.3, 0.4) is 0 Å². The quantitative estimate of drug-likeness (QED) is 0.892. The Kier molecular flexibility index (Phi) is 4.48. The smallest absolute Gasteiger partial charge is 0.261 e. The van der Waals surface area contributed by atoms with Crippen molar-refractivity contribution >= 4 is 40.7 Å². The molecule has 3 nitrogen and oxygen atoms in total. The number of ether oxygens (including phenoxy) is 1. The molecule has 1 heterocycles. The van der Waals surface area contributed by atoms with E-state index in [9.17, 15) is 4.79 Å². The van der Waals surface area contributed by atoms with E-state index in [-0.39, 0.29) is 5.91 Å². The third kappa shape index (κ3) is 3.32. The van der Waals surface area contributed by atoms with Crippen LogP contribution in [0.4, 0.5) is 0 Å². The molecule has 22 heavy (non-hydrogen) atoms. The highest BCUT2D eigenvalue weighted by atomic mass is 35.5. The number of carbonyl (C=O) groups is 1. The van der Waals surface area contributed by atoms with E-state index >= 15 is 0 Å². The summed E-state index contributed by atoms with van der Waals surface area (Å²) in [6.07, 6.45) is -0.0321. The second-order valence-electron chi connectivity index (χ2n) is 5.02. The van der Waals surface area contributed by atoms with Gasteiger partial charge in [0.25, 0.3) is 5.91 Å². The SMILES string of the molecule is O=C(NCc1ccc(Cl)cc1Cl)C1Cc2cc(Cl)ccc2O1. The van der Waals surface area contributed by atoms with Crippen LogP contribution in [0, 0.1) is 0 Å². The fourth-order valence-electron chi connectivity index (χ4n) is 2.32. The summed E-state index contributed by atoms with van der Waals surface area (Å²) in [6.45, 7) is 0.325. The van der Waals surface area contributed by atoms with Gasteiger partial charge < -0.3 is 10.1 Å². The predicted molar refractivity (Wildman–Crippen MR) is 87.9 cm³/mol. The zero-order chi connectivity index (χ0) is 15.7. The number of fused-ring (bicyclic) bond motifs is 1. The first-order valence-corrected chi connectivity index (χ1v) is 7.83. The Morgan fingerprint density at radius 3 is 2.64 bits per heavy atom. The fourth-order valence-corrected chi connectivity index (χ4v) is 2.99. The van der Waals surface area contributed by atoms with Crippen molar-refractivity contribution in [3.05, 3.63) is 62.6 Å². The minimum Gasteiger partial charge on any atom is -0.480 e. The van der Waals surface area contributed by atoms with Crippen LogP contribution in [0.2, 0.25) is 15.1 Å². The van der Waals surface area contributed by atoms with Gasteiger partial charge in [0.15, 0.2) is 6.10 Å². The number of rotatable bonds is 3. The third-order valence-electron chi connectivity index (χ3n) is 3.46. The van der Waals surface area contributed by atoms with Gasteiger partial charge in [-0.15, -0.1) is 0 Å². The van der Waals surface area contributed by atoms with Crippen LogP contribution in [0.25, 0.3) is 0 Å². The Bertz CT molecular complexity index is 733. The van der Waals surface area contributed by atoms with Gasteiger partial charge in [0.05, 0.1) is 0 Å². The molecule has 0 fully saturated rings. The number of hydrogen-bond donors (Lipinski definition) is 1. The molecule has 1 atom stereocenters. The molecule has 0 saturated heterocycles. The third-order valence-corrected chi connectivity index (χ3v) is 4.28. The fraction of sp³-hybridized carbons (Fsp3) is 0.188. The lowest BCUT2D eigenvalue weighted by Gasteiger charge is -2.12. The molecule has 0 saturated carbocycles. The monoisotopic (exact) mass is 355 g/mol. The predicted octanol–water partition coefficient (Wildman–Crippen LogP) is 4.27. The van der Waals surface area contributed by atoms with E-state index in [1.54, 1.807) is 30.3 Å². The maximum absolute atomic E-state index is 12.2. The molecule has 0 aliphatic carbocycles. The molecule has 2 aromatic carbocycles. The normalized spacial score (nSPS) is 16.0. The molecule has 1 aliphatic rings. The summed E-state index contributed by atoms with van der Waals surface area (Å²) >= 11 is 17.9. The lowest BCUT2D eigenvalue weighted by atomic mass is 10.1. The van der Waals surface area contributed by atoms with Crippen LogP contribution in [0.5, 0.6) is 5.75 Å². The van der Waals surface area contributed by atoms with Crippen molar-refractivity contribution in [1.29, 1.82) is 0 Å². The maximum atomic E-state index is 12.2. The summed E-state index contributed by atoms with van der Waals surface area (Å²) in [4.78, 5) is 12.2. The summed E-state index contributed by atoms with van der Waals surface area (Å²) < 4.78 is 5.64. The average Bonchev–Trinajstić information content (AvgIpc) is 2.89. The van der Waals surface area contributed by atoms with Crippen LogP contribution in [-0.4, -0.2) is 12.0 Å². The Hall–Kier alpha value is -1.42. The summed E-state index contributed by atoms with van der Waals surface area (Å²) in [6, 6.07) is 10.5. The lowest BCUT2D eigenvalue weighted by Crippen LogP contribution is -2.37. The standard InChI is InChI=1S/C16H12Cl3NO2/c17-11-3-4-14-10(5-11)6-15(22-14)16(21)20-8-9-1-2-12(18)7-13(9)19/h1-5,7,15H,6,8H2,(H,20,21). The molecule has 0 radical (unpaired) electrons. The van der Waals surface area contributed by atoms with E-state index in [4.69, 9.17) is 39.5 Å². The zero-order valence-electron chi connectivity index (χ0n) is 11.4. The van der Waals surface area contributed by atoms with E-state index in [0.717, 1.165) is 11.1 Å². The van der Waals surface area contributed by atoms with Crippen LogP contribution in [0.1, 0.15) is 11.1 Å². The summed E-state index contributed by atoms with van der Waals surface area (Å²) in [7, 11) is 0. The number of nitrogens with one attached hydrogen (secondary N) is 1. The molecule has 114 valence electrons. The first-order valence-electron chi connectivity index (χ1n) is 6.69. The highest BCUT2D eigenvalue weighted by Gasteiger charge is 2.29. The van der Waals surface area contributed by atoms with E-state index < -0.39 is 6.10 Å². The Balaban J connectivity index is 1.62. The molecule has 3 rings (SSSR count). The number of carbonyl (C=O) groups excluding carboxylic acids is 1. The Labute approximate surface area is 143 Å². The van der Waals surface area contributed by atoms with Crippen molar-refractivity contribution in [2.24, 2.45) is 0 Å². The Morgan fingerprint density at radius 1 is 1.14 bits per heavy atom. The van der Waals surface area contributed by atoms with E-state index in [1.807, 2.05) is 6.07 Å². The minimum atomic E-state index is -0.542. The molecule has 1 aliphatic heterocycles. The van der Waals surface area contributed by atoms with Crippen LogP contribution in [-0.2, 0) is 17.8 Å². The van der Waals surface area contributed by atoms with E-state index in [0.29, 0.717) is 33.8 Å². The number of amides is 1. The van der Waals surface area contributed by atoms with Crippen molar-refractivity contribution in [3.63, 3.8) is 0 Å². The maximum Gasteiger partial charge on any atom is 0.261 e. The molecule has 0 spiro atoms. The van der Waals surface area contributed by atoms with E-state index in [2.05, 4.69) is 5.32 Å². The first-order chi connectivity index (χ1) is 10.5. The highest BCUT2D eigenvalue weighted by molar-refractivity contribution is 6.35. The van der Waals surface area contributed by atoms with Gasteiger partial charge in [-0.05, 0) is 41.5 Å². The summed E-state index contributed by atoms with van der Waals surface area (Å²) in [5.74, 6) is 0.521. The molecular weight excluding hydrogens is 345 g/mol. The second kappa shape index (κ2) is 6.37. The van der Waals surface area contributed by atoms with Crippen LogP contribution < -0.4 is 10.1 Å². The number of benzene rings is 2. The van der Waals surface area contributed by atoms with Crippen molar-refractivity contribution in [1.82, 2.24) is 5.32 Å². The number of halogens is 3. The molecule has 1 unspecified atom stereocenters. The zero-order valence-corrected chi connectivity index (χ0v) is 13.7. The van der Waals surface area contributed by atoms with Crippen molar-refractivity contribution < 1.29 is 9.53 Å². The molecule has 1 N–H and O–H groups in total. The van der Waals surface area contributed by atoms with Gasteiger partial charge in [-0.3, -0.25) is 4.79 Å². The van der Waals surface area contributed by atoms with Crippen molar-refractivity contribution in [2.75, 3.05) is 0 Å². The molecular formula is C16H12Cl3NO2. The van der Waals surface area contributed by atoms with Gasteiger partial charge in [-0.2, -0.15) is 0 Å². The van der Waals surface area contributed by atoms with Crippen molar-refractivity contribution in [2.45, 2.75) is 19.1 Å². The van der Waals surface area contributed by atoms with Gasteiger partial charge in [0.2, 0.25) is 0 Å². The van der Waals surface area contributed by atoms with Gasteiger partial charge in [-0.25, -0.2) is 0 Å². The highest BCUT2D eigenvalue weighted by Crippen LogP contribution is 2.31. The van der Waals surface area contributed by atoms with Gasteiger partial charge in [0, 0.05) is 28.0 Å². The lowest BCUT2D eigenvalue weighted by molar-refractivity contribution is -0.127. The van der Waals surface area contributed by atoms with Gasteiger partial charge in [0.1, 0.15) is 5.75 Å². The topological polar surface area (TPSA) is 38.3 Å². The first kappa shape index (κ1) is 15.5. The minimum absolute atomic E-state index is 0.182. The molecule has 0 bridgehead atoms. The average molecular weight is 357 g/mol. The molecule has 0 aromatic heterocycles. The van der Waals surface area contributed by atoms with Crippen LogP contribution >= 0.6 is 34.8 Å². The summed E-state index contributed by atoms with van der Waals surface area (Å²) in [5, 5.41) is 4.55.